The Morgan fingerprint density at radius 3 is 2.27 bits per heavy atom. The topological polar surface area (TPSA) is 76.2 Å². The monoisotopic (exact) mass is 455 g/mol. The molecule has 8 heteroatoms. The summed E-state index contributed by atoms with van der Waals surface area (Å²) in [6.45, 7) is 10.7. The van der Waals surface area contributed by atoms with Crippen molar-refractivity contribution in [3.05, 3.63) is 24.3 Å². The van der Waals surface area contributed by atoms with Gasteiger partial charge in [0, 0.05) is 39.3 Å². The number of carbonyl (C=O) groups is 3. The highest BCUT2D eigenvalue weighted by Crippen LogP contribution is 2.37. The molecule has 3 heterocycles. The van der Waals surface area contributed by atoms with Crippen molar-refractivity contribution in [1.29, 1.82) is 0 Å². The Morgan fingerprint density at radius 1 is 0.970 bits per heavy atom. The number of hydrogen-bond donors (Lipinski definition) is 1. The SMILES string of the molecule is C[C@H](C(=O)N1c2ccccc2NC(=O)C1(C)C)N1CCN(CC(=O)N2CCCCCC2)CC1. The summed E-state index contributed by atoms with van der Waals surface area (Å²) in [4.78, 5) is 47.2. The number of nitrogens with zero attached hydrogens (tertiary/aromatic N) is 4. The maximum atomic E-state index is 13.6. The second kappa shape index (κ2) is 9.81. The molecule has 0 aromatic heterocycles. The number of piperazine rings is 1. The van der Waals surface area contributed by atoms with Crippen LogP contribution in [0.1, 0.15) is 46.5 Å². The molecule has 2 fully saturated rings. The van der Waals surface area contributed by atoms with Crippen LogP contribution in [0.3, 0.4) is 0 Å². The van der Waals surface area contributed by atoms with E-state index in [1.165, 1.54) is 12.8 Å². The van der Waals surface area contributed by atoms with E-state index in [-0.39, 0.29) is 23.8 Å². The molecule has 0 radical (unpaired) electrons. The Kier molecular flexibility index (Phi) is 7.05. The quantitative estimate of drug-likeness (QED) is 0.753. The van der Waals surface area contributed by atoms with Gasteiger partial charge in [-0.25, -0.2) is 0 Å². The van der Waals surface area contributed by atoms with Crippen molar-refractivity contribution < 1.29 is 14.4 Å². The number of para-hydroxylation sites is 2. The highest BCUT2D eigenvalue weighted by Gasteiger charge is 2.45. The fourth-order valence-electron chi connectivity index (χ4n) is 5.11. The third kappa shape index (κ3) is 4.92. The lowest BCUT2D eigenvalue weighted by Gasteiger charge is -2.45. The third-order valence-electron chi connectivity index (χ3n) is 7.36. The van der Waals surface area contributed by atoms with E-state index < -0.39 is 5.54 Å². The van der Waals surface area contributed by atoms with E-state index in [1.54, 1.807) is 18.7 Å². The van der Waals surface area contributed by atoms with Crippen LogP contribution in [0.5, 0.6) is 0 Å². The van der Waals surface area contributed by atoms with Gasteiger partial charge in [-0.3, -0.25) is 29.1 Å². The van der Waals surface area contributed by atoms with Gasteiger partial charge in [0.15, 0.2) is 0 Å². The molecule has 2 saturated heterocycles. The number of fused-ring (bicyclic) bond motifs is 1. The second-order valence-electron chi connectivity index (χ2n) is 9.99. The van der Waals surface area contributed by atoms with E-state index >= 15 is 0 Å². The standard InChI is InChI=1S/C25H37N5O3/c1-19(23(32)30-21-11-7-6-10-20(21)26-24(33)25(30,2)3)28-16-14-27(15-17-28)18-22(31)29-12-8-4-5-9-13-29/h6-7,10-11,19H,4-5,8-9,12-18H2,1-3H3,(H,26,33)/t19-/m1/s1. The minimum atomic E-state index is -0.971. The van der Waals surface area contributed by atoms with Crippen molar-refractivity contribution in [2.24, 2.45) is 0 Å². The Bertz CT molecular complexity index is 886. The van der Waals surface area contributed by atoms with Crippen LogP contribution < -0.4 is 10.2 Å². The molecule has 1 aromatic carbocycles. The van der Waals surface area contributed by atoms with Crippen molar-refractivity contribution in [2.45, 2.75) is 58.0 Å². The summed E-state index contributed by atoms with van der Waals surface area (Å²) in [6.07, 6.45) is 4.64. The highest BCUT2D eigenvalue weighted by molar-refractivity contribution is 6.15. The Hall–Kier alpha value is -2.45. The summed E-state index contributed by atoms with van der Waals surface area (Å²) in [5, 5.41) is 2.92. The lowest BCUT2D eigenvalue weighted by atomic mass is 9.95. The maximum absolute atomic E-state index is 13.6. The minimum Gasteiger partial charge on any atom is -0.342 e. The molecular weight excluding hydrogens is 418 g/mol. The number of rotatable bonds is 4. The van der Waals surface area contributed by atoms with Gasteiger partial charge in [0.25, 0.3) is 0 Å². The van der Waals surface area contributed by atoms with Crippen molar-refractivity contribution in [2.75, 3.05) is 56.0 Å². The van der Waals surface area contributed by atoms with Crippen LogP contribution in [-0.4, -0.2) is 89.8 Å². The number of amides is 3. The molecule has 33 heavy (non-hydrogen) atoms. The number of hydrogen-bond acceptors (Lipinski definition) is 5. The van der Waals surface area contributed by atoms with E-state index in [0.717, 1.165) is 57.8 Å². The van der Waals surface area contributed by atoms with Crippen LogP contribution in [0, 0.1) is 0 Å². The van der Waals surface area contributed by atoms with Gasteiger partial charge in [-0.05, 0) is 45.7 Å². The molecule has 0 bridgehead atoms. The first-order chi connectivity index (χ1) is 15.8. The zero-order chi connectivity index (χ0) is 23.6. The summed E-state index contributed by atoms with van der Waals surface area (Å²) < 4.78 is 0. The zero-order valence-electron chi connectivity index (χ0n) is 20.2. The van der Waals surface area contributed by atoms with Gasteiger partial charge in [-0.2, -0.15) is 0 Å². The average molecular weight is 456 g/mol. The van der Waals surface area contributed by atoms with E-state index in [9.17, 15) is 14.4 Å². The van der Waals surface area contributed by atoms with Crippen LogP contribution in [0.2, 0.25) is 0 Å². The molecule has 3 aliphatic rings. The second-order valence-corrected chi connectivity index (χ2v) is 9.99. The van der Waals surface area contributed by atoms with E-state index in [0.29, 0.717) is 12.2 Å². The van der Waals surface area contributed by atoms with Gasteiger partial charge in [0.1, 0.15) is 5.54 Å². The van der Waals surface area contributed by atoms with Gasteiger partial charge in [0.2, 0.25) is 17.7 Å². The summed E-state index contributed by atoms with van der Waals surface area (Å²) in [5.41, 5.74) is 0.432. The fraction of sp³-hybridized carbons (Fsp3) is 0.640. The van der Waals surface area contributed by atoms with Crippen molar-refractivity contribution in [3.8, 4) is 0 Å². The summed E-state index contributed by atoms with van der Waals surface area (Å²) in [6, 6.07) is 7.10. The first kappa shape index (κ1) is 23.7. The minimum absolute atomic E-state index is 0.0728. The average Bonchev–Trinajstić information content (AvgIpc) is 3.09. The van der Waals surface area contributed by atoms with Crippen LogP contribution >= 0.6 is 0 Å². The van der Waals surface area contributed by atoms with Crippen LogP contribution in [-0.2, 0) is 14.4 Å². The Morgan fingerprint density at radius 2 is 1.61 bits per heavy atom. The highest BCUT2D eigenvalue weighted by atomic mass is 16.2. The third-order valence-corrected chi connectivity index (χ3v) is 7.36. The van der Waals surface area contributed by atoms with Crippen LogP contribution in [0.15, 0.2) is 24.3 Å². The largest absolute Gasteiger partial charge is 0.342 e. The van der Waals surface area contributed by atoms with E-state index in [1.807, 2.05) is 36.1 Å². The van der Waals surface area contributed by atoms with Crippen LogP contribution in [0.4, 0.5) is 11.4 Å². The zero-order valence-corrected chi connectivity index (χ0v) is 20.2. The Labute approximate surface area is 196 Å². The van der Waals surface area contributed by atoms with Gasteiger partial charge in [-0.1, -0.05) is 25.0 Å². The number of nitrogens with one attached hydrogen (secondary N) is 1. The molecule has 3 amide bonds. The van der Waals surface area contributed by atoms with Gasteiger partial charge < -0.3 is 10.2 Å². The lowest BCUT2D eigenvalue weighted by Crippen LogP contribution is -2.63. The van der Waals surface area contributed by atoms with Crippen molar-refractivity contribution in [1.82, 2.24) is 14.7 Å². The van der Waals surface area contributed by atoms with Gasteiger partial charge >= 0.3 is 0 Å². The molecule has 0 aliphatic carbocycles. The first-order valence-corrected chi connectivity index (χ1v) is 12.3. The summed E-state index contributed by atoms with van der Waals surface area (Å²) >= 11 is 0. The van der Waals surface area contributed by atoms with Gasteiger partial charge in [-0.15, -0.1) is 0 Å². The molecule has 0 saturated carbocycles. The normalized spacial score (nSPS) is 22.8. The van der Waals surface area contributed by atoms with Crippen molar-refractivity contribution >= 4 is 29.1 Å². The molecule has 4 rings (SSSR count). The summed E-state index contributed by atoms with van der Waals surface area (Å²) in [5.74, 6) is -0.0258. The van der Waals surface area contributed by atoms with E-state index in [2.05, 4.69) is 15.1 Å². The van der Waals surface area contributed by atoms with E-state index in [4.69, 9.17) is 0 Å². The molecule has 0 unspecified atom stereocenters. The molecule has 1 N–H and O–H groups in total. The number of anilines is 2. The first-order valence-electron chi connectivity index (χ1n) is 12.3. The number of likely N-dealkylation sites (tertiary alicyclic amines) is 1. The molecule has 1 atom stereocenters. The number of carbonyl (C=O) groups excluding carboxylic acids is 3. The predicted molar refractivity (Wildman–Crippen MR) is 129 cm³/mol. The maximum Gasteiger partial charge on any atom is 0.250 e. The molecule has 3 aliphatic heterocycles. The molecule has 8 nitrogen and oxygen atoms in total. The predicted octanol–water partition coefficient (Wildman–Crippen LogP) is 2.16. The molecule has 0 spiro atoms. The smallest absolute Gasteiger partial charge is 0.250 e. The molecular formula is C25H37N5O3. The van der Waals surface area contributed by atoms with Crippen molar-refractivity contribution in [3.63, 3.8) is 0 Å². The van der Waals surface area contributed by atoms with Crippen LogP contribution in [0.25, 0.3) is 0 Å². The van der Waals surface area contributed by atoms with Gasteiger partial charge in [0.05, 0.1) is 24.0 Å². The molecule has 1 aromatic rings. The lowest BCUT2D eigenvalue weighted by molar-refractivity contribution is -0.133. The Balaban J connectivity index is 1.37. The molecule has 180 valence electrons. The number of benzene rings is 1. The fourth-order valence-corrected chi connectivity index (χ4v) is 5.11. The summed E-state index contributed by atoms with van der Waals surface area (Å²) in [7, 11) is 0.